The van der Waals surface area contributed by atoms with E-state index in [1.807, 2.05) is 31.3 Å². The first-order valence-corrected chi connectivity index (χ1v) is 11.0. The second-order valence-electron chi connectivity index (χ2n) is 8.16. The zero-order valence-electron chi connectivity index (χ0n) is 19.0. The molecule has 1 N–H and O–H groups in total. The molecule has 2 unspecified atom stereocenters. The molecule has 2 aromatic rings. The molecule has 1 aromatic heterocycles. The predicted molar refractivity (Wildman–Crippen MR) is 136 cm³/mol. The first kappa shape index (κ1) is 24.7. The fraction of sp³-hybridized carbons (Fsp3) is 0.500. The number of aromatic nitrogens is 1. The highest BCUT2D eigenvalue weighted by Gasteiger charge is 2.32. The number of aryl methyl sites for hydroxylation is 2. The topological polar surface area (TPSA) is 68.2 Å². The first-order chi connectivity index (χ1) is 15.1. The van der Waals surface area contributed by atoms with Crippen molar-refractivity contribution in [3.8, 4) is 11.6 Å². The molecule has 2 fully saturated rings. The molecule has 0 amide bonds. The van der Waals surface area contributed by atoms with Crippen LogP contribution in [0.3, 0.4) is 0 Å². The normalized spacial score (nSPS) is 21.2. The third kappa shape index (κ3) is 6.32. The number of hydrogen-bond donors (Lipinski definition) is 1. The zero-order valence-corrected chi connectivity index (χ0v) is 21.4. The van der Waals surface area contributed by atoms with Gasteiger partial charge in [-0.05, 0) is 61.6 Å². The second kappa shape index (κ2) is 11.8. The molecule has 174 valence electrons. The number of hydrogen-bond acceptors (Lipinski definition) is 5. The Morgan fingerprint density at radius 1 is 1.16 bits per heavy atom. The van der Waals surface area contributed by atoms with Crippen molar-refractivity contribution in [1.82, 2.24) is 15.2 Å². The molecule has 7 nitrogen and oxygen atoms in total. The summed E-state index contributed by atoms with van der Waals surface area (Å²) in [6, 6.07) is 10.0. The van der Waals surface area contributed by atoms with Gasteiger partial charge in [0.05, 0.1) is 12.7 Å². The lowest BCUT2D eigenvalue weighted by Crippen LogP contribution is -2.53. The molecule has 2 saturated heterocycles. The fourth-order valence-electron chi connectivity index (χ4n) is 4.02. The minimum Gasteiger partial charge on any atom is -0.439 e. The number of halogens is 1. The number of guanidine groups is 1. The van der Waals surface area contributed by atoms with Crippen LogP contribution < -0.4 is 10.1 Å². The van der Waals surface area contributed by atoms with Crippen LogP contribution in [0.4, 0.5) is 0 Å². The maximum Gasteiger partial charge on any atom is 0.219 e. The van der Waals surface area contributed by atoms with Gasteiger partial charge in [0.2, 0.25) is 5.88 Å². The number of nitrogens with one attached hydrogen (secondary N) is 1. The number of aliphatic imine (C=N–C) groups is 1. The summed E-state index contributed by atoms with van der Waals surface area (Å²) >= 11 is 0. The summed E-state index contributed by atoms with van der Waals surface area (Å²) in [5, 5.41) is 3.47. The Labute approximate surface area is 207 Å². The van der Waals surface area contributed by atoms with Gasteiger partial charge in [-0.1, -0.05) is 6.07 Å². The highest BCUT2D eigenvalue weighted by atomic mass is 127. The third-order valence-electron chi connectivity index (χ3n) is 5.94. The Balaban J connectivity index is 0.00000289. The van der Waals surface area contributed by atoms with Gasteiger partial charge >= 0.3 is 0 Å². The van der Waals surface area contributed by atoms with Crippen molar-refractivity contribution >= 4 is 29.9 Å². The maximum atomic E-state index is 5.97. The monoisotopic (exact) mass is 552 g/mol. The molecule has 0 radical (unpaired) electrons. The van der Waals surface area contributed by atoms with E-state index in [0.29, 0.717) is 19.0 Å². The molecule has 1 aromatic carbocycles. The van der Waals surface area contributed by atoms with E-state index in [1.165, 1.54) is 11.1 Å². The smallest absolute Gasteiger partial charge is 0.219 e. The Hall–Kier alpha value is -1.91. The minimum absolute atomic E-state index is 0. The quantitative estimate of drug-likeness (QED) is 0.343. The maximum absolute atomic E-state index is 5.97. The van der Waals surface area contributed by atoms with Crippen LogP contribution in [-0.4, -0.2) is 61.4 Å². The van der Waals surface area contributed by atoms with E-state index < -0.39 is 0 Å². The van der Waals surface area contributed by atoms with Gasteiger partial charge in [-0.15, -0.1) is 24.0 Å². The Morgan fingerprint density at radius 2 is 2.00 bits per heavy atom. The molecule has 2 aliphatic rings. The number of nitrogens with zero attached hydrogens (tertiary/aromatic N) is 3. The van der Waals surface area contributed by atoms with Crippen molar-refractivity contribution < 1.29 is 14.2 Å². The highest BCUT2D eigenvalue weighted by Crippen LogP contribution is 2.23. The summed E-state index contributed by atoms with van der Waals surface area (Å²) in [6.07, 6.45) is 4.27. The first-order valence-electron chi connectivity index (χ1n) is 11.0. The van der Waals surface area contributed by atoms with Gasteiger partial charge in [0.15, 0.2) is 5.96 Å². The van der Waals surface area contributed by atoms with Crippen molar-refractivity contribution in [2.75, 3.05) is 33.4 Å². The third-order valence-corrected chi connectivity index (χ3v) is 5.94. The molecule has 2 atom stereocenters. The van der Waals surface area contributed by atoms with E-state index in [1.54, 1.807) is 6.20 Å². The number of rotatable bonds is 5. The highest BCUT2D eigenvalue weighted by molar-refractivity contribution is 14.0. The van der Waals surface area contributed by atoms with Crippen molar-refractivity contribution in [2.24, 2.45) is 4.99 Å². The largest absolute Gasteiger partial charge is 0.439 e. The van der Waals surface area contributed by atoms with E-state index in [9.17, 15) is 0 Å². The molecule has 0 bridgehead atoms. The second-order valence-corrected chi connectivity index (χ2v) is 8.16. The molecular weight excluding hydrogens is 519 g/mol. The number of pyridine rings is 1. The van der Waals surface area contributed by atoms with Crippen LogP contribution >= 0.6 is 24.0 Å². The summed E-state index contributed by atoms with van der Waals surface area (Å²) in [6.45, 7) is 7.95. The van der Waals surface area contributed by atoms with Crippen LogP contribution in [0.2, 0.25) is 0 Å². The van der Waals surface area contributed by atoms with E-state index in [2.05, 4.69) is 40.1 Å². The summed E-state index contributed by atoms with van der Waals surface area (Å²) in [5.74, 6) is 2.26. The predicted octanol–water partition coefficient (Wildman–Crippen LogP) is 4.06. The minimum atomic E-state index is 0. The van der Waals surface area contributed by atoms with Crippen molar-refractivity contribution in [1.29, 1.82) is 0 Å². The number of benzene rings is 1. The van der Waals surface area contributed by atoms with Gasteiger partial charge in [-0.2, -0.15) is 0 Å². The van der Waals surface area contributed by atoms with E-state index in [4.69, 9.17) is 14.2 Å². The van der Waals surface area contributed by atoms with Crippen molar-refractivity contribution in [3.63, 3.8) is 0 Å². The average Bonchev–Trinajstić information content (AvgIpc) is 3.32. The molecular formula is C24H33IN4O3. The van der Waals surface area contributed by atoms with Crippen molar-refractivity contribution in [3.05, 3.63) is 53.2 Å². The lowest BCUT2D eigenvalue weighted by molar-refractivity contribution is -0.0817. The molecule has 3 heterocycles. The Bertz CT molecular complexity index is 918. The van der Waals surface area contributed by atoms with E-state index in [-0.39, 0.29) is 36.2 Å². The molecule has 2 aliphatic heterocycles. The lowest BCUT2D eigenvalue weighted by atomic mass is 10.1. The zero-order chi connectivity index (χ0) is 21.6. The van der Waals surface area contributed by atoms with Gasteiger partial charge in [0, 0.05) is 45.6 Å². The molecule has 8 heteroatoms. The molecule has 0 spiro atoms. The van der Waals surface area contributed by atoms with E-state index >= 15 is 0 Å². The SMILES string of the molecule is CN=C(NCc1ccnc(Oc2ccc(C)c(C)c2)c1)N1CCOC(C2CCCO2)C1.I. The standard InChI is InChI=1S/C24H32N4O3.HI/c1-17-6-7-20(13-18(17)2)31-23-14-19(8-9-26-23)15-27-24(25-3)28-10-12-30-22(16-28)21-5-4-11-29-21;/h6-9,13-14,21-22H,4-5,10-12,15-16H2,1-3H3,(H,25,27);1H. The van der Waals surface area contributed by atoms with Crippen LogP contribution in [0, 0.1) is 13.8 Å². The van der Waals surface area contributed by atoms with Crippen LogP contribution in [0.1, 0.15) is 29.5 Å². The van der Waals surface area contributed by atoms with Gasteiger partial charge in [0.1, 0.15) is 11.9 Å². The molecule has 0 aliphatic carbocycles. The van der Waals surface area contributed by atoms with Crippen LogP contribution in [-0.2, 0) is 16.0 Å². The number of ether oxygens (including phenoxy) is 3. The summed E-state index contributed by atoms with van der Waals surface area (Å²) in [4.78, 5) is 11.1. The Morgan fingerprint density at radius 3 is 2.75 bits per heavy atom. The van der Waals surface area contributed by atoms with Crippen molar-refractivity contribution in [2.45, 2.75) is 45.4 Å². The summed E-state index contributed by atoms with van der Waals surface area (Å²) in [7, 11) is 1.82. The number of morpholine rings is 1. The molecule has 32 heavy (non-hydrogen) atoms. The molecule has 4 rings (SSSR count). The van der Waals surface area contributed by atoms with Crippen LogP contribution in [0.25, 0.3) is 0 Å². The summed E-state index contributed by atoms with van der Waals surface area (Å²) in [5.41, 5.74) is 3.53. The van der Waals surface area contributed by atoms with Gasteiger partial charge in [-0.3, -0.25) is 4.99 Å². The molecule has 0 saturated carbocycles. The fourth-order valence-corrected chi connectivity index (χ4v) is 4.02. The Kier molecular flexibility index (Phi) is 9.12. The van der Waals surface area contributed by atoms with Gasteiger partial charge in [-0.25, -0.2) is 4.98 Å². The summed E-state index contributed by atoms with van der Waals surface area (Å²) < 4.78 is 17.8. The average molecular weight is 552 g/mol. The van der Waals surface area contributed by atoms with Crippen LogP contribution in [0.5, 0.6) is 11.6 Å². The van der Waals surface area contributed by atoms with Crippen LogP contribution in [0.15, 0.2) is 41.5 Å². The van der Waals surface area contributed by atoms with E-state index in [0.717, 1.165) is 49.8 Å². The van der Waals surface area contributed by atoms with Gasteiger partial charge in [0.25, 0.3) is 0 Å². The van der Waals surface area contributed by atoms with Gasteiger partial charge < -0.3 is 24.4 Å². The lowest BCUT2D eigenvalue weighted by Gasteiger charge is -2.37.